The zero-order valence-corrected chi connectivity index (χ0v) is 23.8. The Kier molecular flexibility index (Phi) is 8.48. The van der Waals surface area contributed by atoms with E-state index in [-0.39, 0.29) is 12.0 Å². The van der Waals surface area contributed by atoms with Crippen molar-refractivity contribution in [1.82, 2.24) is 15.1 Å². The first kappa shape index (κ1) is 28.3. The Morgan fingerprint density at radius 1 is 1.00 bits per heavy atom. The molecule has 9 heteroatoms. The summed E-state index contributed by atoms with van der Waals surface area (Å²) >= 11 is 0. The van der Waals surface area contributed by atoms with Gasteiger partial charge in [0, 0.05) is 43.3 Å². The van der Waals surface area contributed by atoms with Gasteiger partial charge in [0.05, 0.1) is 5.52 Å². The van der Waals surface area contributed by atoms with Crippen LogP contribution in [0.5, 0.6) is 5.75 Å². The molecule has 0 aliphatic carbocycles. The van der Waals surface area contributed by atoms with E-state index in [0.717, 1.165) is 92.3 Å². The summed E-state index contributed by atoms with van der Waals surface area (Å²) in [6, 6.07) is 14.9. The summed E-state index contributed by atoms with van der Waals surface area (Å²) in [6.07, 6.45) is 5.17. The monoisotopic (exact) mass is 574 g/mol. The van der Waals surface area contributed by atoms with Crippen LogP contribution in [0.4, 0.5) is 14.6 Å². The minimum absolute atomic E-state index is 0.172. The van der Waals surface area contributed by atoms with E-state index in [1.54, 1.807) is 0 Å². The van der Waals surface area contributed by atoms with E-state index in [2.05, 4.69) is 27.5 Å². The first-order chi connectivity index (χ1) is 20.4. The van der Waals surface area contributed by atoms with Crippen molar-refractivity contribution in [3.05, 3.63) is 88.5 Å². The van der Waals surface area contributed by atoms with Crippen LogP contribution in [0, 0.1) is 17.6 Å². The highest BCUT2D eigenvalue weighted by molar-refractivity contribution is 6.08. The fourth-order valence-corrected chi connectivity index (χ4v) is 5.98. The van der Waals surface area contributed by atoms with Crippen molar-refractivity contribution in [3.8, 4) is 5.75 Å². The van der Waals surface area contributed by atoms with Crippen LogP contribution in [0.2, 0.25) is 0 Å². The molecule has 3 aromatic carbocycles. The van der Waals surface area contributed by atoms with Crippen LogP contribution in [0.15, 0.2) is 54.6 Å². The summed E-state index contributed by atoms with van der Waals surface area (Å²) in [5.74, 6) is 0.181. The lowest BCUT2D eigenvalue weighted by atomic mass is 9.90. The van der Waals surface area contributed by atoms with E-state index < -0.39 is 11.6 Å². The number of halogens is 2. The third-order valence-corrected chi connectivity index (χ3v) is 8.33. The third kappa shape index (κ3) is 6.79. The average Bonchev–Trinajstić information content (AvgIpc) is 3.36. The Balaban J connectivity index is 1.23. The minimum atomic E-state index is -0.610. The molecule has 220 valence electrons. The summed E-state index contributed by atoms with van der Waals surface area (Å²) in [6.45, 7) is 3.50. The zero-order chi connectivity index (χ0) is 29.1. The normalized spacial score (nSPS) is 17.0. The van der Waals surface area contributed by atoms with Crippen LogP contribution in [0.25, 0.3) is 10.9 Å². The largest absolute Gasteiger partial charge is 0.490 e. The number of piperidine rings is 1. The first-order valence-electron chi connectivity index (χ1n) is 14.7. The van der Waals surface area contributed by atoms with Crippen molar-refractivity contribution in [2.24, 2.45) is 5.92 Å². The maximum atomic E-state index is 13.7. The van der Waals surface area contributed by atoms with Crippen molar-refractivity contribution in [2.75, 3.05) is 38.7 Å². The Morgan fingerprint density at radius 3 is 2.52 bits per heavy atom. The van der Waals surface area contributed by atoms with E-state index in [0.29, 0.717) is 29.3 Å². The summed E-state index contributed by atoms with van der Waals surface area (Å²) < 4.78 is 39.4. The average molecular weight is 575 g/mol. The second-order valence-electron chi connectivity index (χ2n) is 11.6. The van der Waals surface area contributed by atoms with Crippen LogP contribution in [-0.4, -0.2) is 60.5 Å². The van der Waals surface area contributed by atoms with Crippen molar-refractivity contribution < 1.29 is 23.0 Å². The highest BCUT2D eigenvalue weighted by atomic mass is 19.1. The molecule has 2 aliphatic rings. The van der Waals surface area contributed by atoms with Gasteiger partial charge in [0.1, 0.15) is 23.5 Å². The maximum Gasteiger partial charge on any atom is 0.257 e. The van der Waals surface area contributed by atoms with Gasteiger partial charge < -0.3 is 19.7 Å². The number of carbonyl (C=O) groups is 1. The molecular weight excluding hydrogens is 538 g/mol. The summed E-state index contributed by atoms with van der Waals surface area (Å²) in [4.78, 5) is 16.0. The molecule has 0 bridgehead atoms. The van der Waals surface area contributed by atoms with E-state index >= 15 is 0 Å². The number of aromatic nitrogens is 2. The van der Waals surface area contributed by atoms with Gasteiger partial charge in [-0.05, 0) is 111 Å². The summed E-state index contributed by atoms with van der Waals surface area (Å²) in [7, 11) is 2.13. The molecule has 7 nitrogen and oxygen atoms in total. The molecule has 0 saturated carbocycles. The molecule has 4 aromatic rings. The van der Waals surface area contributed by atoms with Crippen LogP contribution >= 0.6 is 0 Å². The van der Waals surface area contributed by atoms with Gasteiger partial charge in [0.15, 0.2) is 5.82 Å². The number of H-pyrrole nitrogens is 1. The highest BCUT2D eigenvalue weighted by Gasteiger charge is 2.23. The molecule has 1 aromatic heterocycles. The Morgan fingerprint density at radius 2 is 1.76 bits per heavy atom. The quantitative estimate of drug-likeness (QED) is 0.265. The number of fused-ring (bicyclic) bond motifs is 1. The van der Waals surface area contributed by atoms with Gasteiger partial charge in [-0.3, -0.25) is 9.89 Å². The molecule has 2 fully saturated rings. The summed E-state index contributed by atoms with van der Waals surface area (Å²) in [5, 5.41) is 11.1. The number of rotatable bonds is 8. The van der Waals surface area contributed by atoms with E-state index in [1.165, 1.54) is 12.1 Å². The minimum Gasteiger partial charge on any atom is -0.490 e. The summed E-state index contributed by atoms with van der Waals surface area (Å²) in [5.41, 5.74) is 3.68. The molecule has 42 heavy (non-hydrogen) atoms. The van der Waals surface area contributed by atoms with Crippen LogP contribution in [0.3, 0.4) is 0 Å². The van der Waals surface area contributed by atoms with Crippen molar-refractivity contribution in [1.29, 1.82) is 0 Å². The number of anilines is 1. The van der Waals surface area contributed by atoms with E-state index in [9.17, 15) is 13.6 Å². The third-order valence-electron chi connectivity index (χ3n) is 8.33. The lowest BCUT2D eigenvalue weighted by molar-refractivity contribution is 0.0664. The molecule has 0 radical (unpaired) electrons. The number of nitrogens with one attached hydrogen (secondary N) is 2. The first-order valence-corrected chi connectivity index (χ1v) is 14.7. The topological polar surface area (TPSA) is 79.5 Å². The van der Waals surface area contributed by atoms with Gasteiger partial charge in [-0.25, -0.2) is 8.78 Å². The lowest BCUT2D eigenvalue weighted by Gasteiger charge is -2.29. The number of ether oxygens (including phenoxy) is 2. The number of carbonyl (C=O) groups excluding carboxylic acids is 1. The Labute approximate surface area is 244 Å². The lowest BCUT2D eigenvalue weighted by Crippen LogP contribution is -2.35. The SMILES string of the molecule is CN1CCC(Oc2ccc(C(=O)Nc3n[nH]c4ccc(Cc5cc(F)cc(F)c5)cc34)c(CC3CCOCC3)c2)CC1. The molecule has 2 saturated heterocycles. The predicted molar refractivity (Wildman–Crippen MR) is 158 cm³/mol. The van der Waals surface area contributed by atoms with E-state index in [1.807, 2.05) is 36.4 Å². The second kappa shape index (κ2) is 12.6. The fraction of sp³-hybridized carbons (Fsp3) is 0.394. The maximum absolute atomic E-state index is 13.7. The van der Waals surface area contributed by atoms with Crippen molar-refractivity contribution >= 4 is 22.6 Å². The number of hydrogen-bond donors (Lipinski definition) is 2. The fourth-order valence-electron chi connectivity index (χ4n) is 5.98. The molecule has 1 amide bonds. The van der Waals surface area contributed by atoms with Crippen LogP contribution in [-0.2, 0) is 17.6 Å². The zero-order valence-electron chi connectivity index (χ0n) is 23.8. The molecular formula is C33H36F2N4O3. The molecule has 0 atom stereocenters. The molecule has 3 heterocycles. The van der Waals surface area contributed by atoms with Crippen LogP contribution < -0.4 is 10.1 Å². The Bertz CT molecular complexity index is 1540. The van der Waals surface area contributed by atoms with Gasteiger partial charge in [0.2, 0.25) is 0 Å². The van der Waals surface area contributed by atoms with Crippen LogP contribution in [0.1, 0.15) is 52.7 Å². The van der Waals surface area contributed by atoms with Crippen molar-refractivity contribution in [3.63, 3.8) is 0 Å². The van der Waals surface area contributed by atoms with Gasteiger partial charge in [-0.2, -0.15) is 5.10 Å². The number of nitrogens with zero attached hydrogens (tertiary/aromatic N) is 2. The number of likely N-dealkylation sites (tertiary alicyclic amines) is 1. The number of hydrogen-bond acceptors (Lipinski definition) is 5. The second-order valence-corrected chi connectivity index (χ2v) is 11.6. The van der Waals surface area contributed by atoms with Gasteiger partial charge in [-0.1, -0.05) is 6.07 Å². The predicted octanol–water partition coefficient (Wildman–Crippen LogP) is 6.13. The van der Waals surface area contributed by atoms with Gasteiger partial charge >= 0.3 is 0 Å². The number of aromatic amines is 1. The molecule has 2 N–H and O–H groups in total. The number of benzene rings is 3. The Hall–Kier alpha value is -3.82. The molecule has 0 spiro atoms. The molecule has 0 unspecified atom stereocenters. The van der Waals surface area contributed by atoms with Gasteiger partial charge in [-0.15, -0.1) is 0 Å². The van der Waals surface area contributed by atoms with Crippen molar-refractivity contribution in [2.45, 2.75) is 44.6 Å². The highest BCUT2D eigenvalue weighted by Crippen LogP contribution is 2.29. The number of amides is 1. The van der Waals surface area contributed by atoms with Gasteiger partial charge in [0.25, 0.3) is 5.91 Å². The standard InChI is InChI=1S/C33H36F2N4O3/c1-39-10-6-27(7-11-39)42-28-3-4-29(24(19-28)15-21-8-12-41-13-9-21)33(40)36-32-30-18-22(2-5-31(30)37-38-32)14-23-16-25(34)20-26(35)17-23/h2-5,16-21,27H,6-15H2,1H3,(H2,36,37,38,40). The molecule has 6 rings (SSSR count). The molecule has 2 aliphatic heterocycles. The van der Waals surface area contributed by atoms with E-state index in [4.69, 9.17) is 9.47 Å². The smallest absolute Gasteiger partial charge is 0.257 e.